The molecule has 19 heavy (non-hydrogen) atoms. The Morgan fingerprint density at radius 2 is 2.21 bits per heavy atom. The summed E-state index contributed by atoms with van der Waals surface area (Å²) >= 11 is 5.97. The van der Waals surface area contributed by atoms with Crippen molar-refractivity contribution in [2.75, 3.05) is 18.0 Å². The maximum Gasteiger partial charge on any atom is 0.393 e. The molecule has 0 aromatic carbocycles. The molecule has 3 nitrogen and oxygen atoms in total. The van der Waals surface area contributed by atoms with Gasteiger partial charge in [-0.05, 0) is 18.9 Å². The van der Waals surface area contributed by atoms with Crippen molar-refractivity contribution < 1.29 is 13.2 Å². The summed E-state index contributed by atoms with van der Waals surface area (Å²) in [6.45, 7) is 0.354. The van der Waals surface area contributed by atoms with Crippen LogP contribution in [0.15, 0.2) is 12.3 Å². The van der Waals surface area contributed by atoms with Crippen LogP contribution < -0.4 is 4.90 Å². The Kier molecular flexibility index (Phi) is 3.85. The van der Waals surface area contributed by atoms with Gasteiger partial charge in [0.15, 0.2) is 0 Å². The summed E-state index contributed by atoms with van der Waals surface area (Å²) in [7, 11) is 0. The number of pyridine rings is 1. The van der Waals surface area contributed by atoms with Crippen LogP contribution in [-0.4, -0.2) is 24.2 Å². The van der Waals surface area contributed by atoms with Crippen molar-refractivity contribution in [3.05, 3.63) is 22.8 Å². The molecule has 0 radical (unpaired) electrons. The second-order valence-electron chi connectivity index (χ2n) is 4.47. The van der Waals surface area contributed by atoms with Crippen LogP contribution in [-0.2, 0) is 0 Å². The van der Waals surface area contributed by atoms with E-state index in [2.05, 4.69) is 4.98 Å². The summed E-state index contributed by atoms with van der Waals surface area (Å²) in [4.78, 5) is 5.53. The minimum absolute atomic E-state index is 0.133. The lowest BCUT2D eigenvalue weighted by Gasteiger charge is -2.34. The number of aromatic nitrogens is 1. The molecule has 1 aliphatic rings. The quantitative estimate of drug-likeness (QED) is 0.795. The van der Waals surface area contributed by atoms with Crippen molar-refractivity contribution in [1.29, 1.82) is 5.26 Å². The van der Waals surface area contributed by atoms with E-state index in [4.69, 9.17) is 16.9 Å². The number of halogens is 4. The van der Waals surface area contributed by atoms with Gasteiger partial charge in [0.05, 0.1) is 16.5 Å². The Bertz CT molecular complexity index is 510. The summed E-state index contributed by atoms with van der Waals surface area (Å²) < 4.78 is 38.2. The number of rotatable bonds is 1. The number of hydrogen-bond acceptors (Lipinski definition) is 3. The molecule has 1 aliphatic heterocycles. The van der Waals surface area contributed by atoms with Gasteiger partial charge in [0.1, 0.15) is 11.9 Å². The minimum atomic E-state index is -4.20. The van der Waals surface area contributed by atoms with Gasteiger partial charge in [-0.25, -0.2) is 4.98 Å². The van der Waals surface area contributed by atoms with Crippen molar-refractivity contribution in [3.8, 4) is 6.07 Å². The topological polar surface area (TPSA) is 39.9 Å². The first kappa shape index (κ1) is 13.9. The van der Waals surface area contributed by atoms with Crippen LogP contribution in [0.1, 0.15) is 18.4 Å². The molecule has 7 heteroatoms. The van der Waals surface area contributed by atoms with E-state index in [9.17, 15) is 13.2 Å². The zero-order valence-electron chi connectivity index (χ0n) is 9.91. The zero-order valence-corrected chi connectivity index (χ0v) is 10.7. The van der Waals surface area contributed by atoms with Crippen LogP contribution in [0.4, 0.5) is 19.0 Å². The lowest BCUT2D eigenvalue weighted by molar-refractivity contribution is -0.176. The van der Waals surface area contributed by atoms with Crippen LogP contribution in [0.3, 0.4) is 0 Å². The third-order valence-corrected chi connectivity index (χ3v) is 3.41. The smallest absolute Gasteiger partial charge is 0.355 e. The van der Waals surface area contributed by atoms with Crippen molar-refractivity contribution in [2.24, 2.45) is 5.92 Å². The maximum atomic E-state index is 12.7. The molecule has 1 atom stereocenters. The Morgan fingerprint density at radius 3 is 2.79 bits per heavy atom. The van der Waals surface area contributed by atoms with Crippen LogP contribution in [0, 0.1) is 17.2 Å². The number of alkyl halides is 3. The summed E-state index contributed by atoms with van der Waals surface area (Å²) in [5, 5.41) is 8.91. The van der Waals surface area contributed by atoms with Gasteiger partial charge >= 0.3 is 6.18 Å². The monoisotopic (exact) mass is 289 g/mol. The second-order valence-corrected chi connectivity index (χ2v) is 4.88. The van der Waals surface area contributed by atoms with Crippen molar-refractivity contribution >= 4 is 17.4 Å². The summed E-state index contributed by atoms with van der Waals surface area (Å²) in [6.07, 6.45) is -2.30. The zero-order chi connectivity index (χ0) is 14.0. The highest BCUT2D eigenvalue weighted by molar-refractivity contribution is 6.33. The van der Waals surface area contributed by atoms with Gasteiger partial charge in [-0.2, -0.15) is 18.4 Å². The molecule has 1 aromatic rings. The Hall–Kier alpha value is -1.48. The fourth-order valence-corrected chi connectivity index (χ4v) is 2.45. The summed E-state index contributed by atoms with van der Waals surface area (Å²) in [5.41, 5.74) is 0.290. The Balaban J connectivity index is 2.20. The largest absolute Gasteiger partial charge is 0.393 e. The van der Waals surface area contributed by atoms with E-state index in [-0.39, 0.29) is 23.6 Å². The lowest BCUT2D eigenvalue weighted by Crippen LogP contribution is -2.42. The van der Waals surface area contributed by atoms with Crippen LogP contribution >= 0.6 is 11.6 Å². The molecular formula is C12H11ClF3N3. The standard InChI is InChI=1S/C12H11ClF3N3/c13-10-4-8(5-17)6-18-11(10)19-3-1-2-9(7-19)12(14,15)16/h4,6,9H,1-3,7H2. The molecule has 2 rings (SSSR count). The number of nitrogens with zero attached hydrogens (tertiary/aromatic N) is 3. The van der Waals surface area contributed by atoms with E-state index < -0.39 is 12.1 Å². The van der Waals surface area contributed by atoms with E-state index in [1.807, 2.05) is 6.07 Å². The number of anilines is 1. The number of piperidine rings is 1. The van der Waals surface area contributed by atoms with Gasteiger partial charge in [0, 0.05) is 19.3 Å². The molecule has 1 saturated heterocycles. The molecule has 1 unspecified atom stereocenters. The Morgan fingerprint density at radius 1 is 1.47 bits per heavy atom. The molecule has 0 aliphatic carbocycles. The molecular weight excluding hydrogens is 279 g/mol. The van der Waals surface area contributed by atoms with Gasteiger partial charge in [0.2, 0.25) is 0 Å². The van der Waals surface area contributed by atoms with Gasteiger partial charge in [-0.1, -0.05) is 11.6 Å². The molecule has 0 N–H and O–H groups in total. The molecule has 0 bridgehead atoms. The highest BCUT2D eigenvalue weighted by Gasteiger charge is 2.42. The molecule has 0 spiro atoms. The first-order chi connectivity index (χ1) is 8.91. The third kappa shape index (κ3) is 3.10. The Labute approximate surface area is 113 Å². The molecule has 1 aromatic heterocycles. The fourth-order valence-electron chi connectivity index (χ4n) is 2.16. The summed E-state index contributed by atoms with van der Waals surface area (Å²) in [5.74, 6) is -1.04. The first-order valence-electron chi connectivity index (χ1n) is 5.79. The van der Waals surface area contributed by atoms with E-state index in [0.717, 1.165) is 0 Å². The molecule has 2 heterocycles. The highest BCUT2D eigenvalue weighted by atomic mass is 35.5. The number of nitriles is 1. The summed E-state index contributed by atoms with van der Waals surface area (Å²) in [6, 6.07) is 3.30. The van der Waals surface area contributed by atoms with Gasteiger partial charge in [0.25, 0.3) is 0 Å². The maximum absolute atomic E-state index is 12.7. The lowest BCUT2D eigenvalue weighted by atomic mass is 9.97. The SMILES string of the molecule is N#Cc1cnc(N2CCCC(C(F)(F)F)C2)c(Cl)c1. The molecule has 0 saturated carbocycles. The van der Waals surface area contributed by atoms with E-state index in [0.29, 0.717) is 18.8 Å². The van der Waals surface area contributed by atoms with Crippen LogP contribution in [0.2, 0.25) is 5.02 Å². The molecule has 0 amide bonds. The third-order valence-electron chi connectivity index (χ3n) is 3.13. The normalized spacial score (nSPS) is 20.2. The fraction of sp³-hybridized carbons (Fsp3) is 0.500. The second kappa shape index (κ2) is 5.25. The van der Waals surface area contributed by atoms with Gasteiger partial charge in [-0.3, -0.25) is 0 Å². The number of hydrogen-bond donors (Lipinski definition) is 0. The molecule has 102 valence electrons. The van der Waals surface area contributed by atoms with Gasteiger partial charge < -0.3 is 4.90 Å². The predicted molar refractivity (Wildman–Crippen MR) is 65.0 cm³/mol. The average Bonchev–Trinajstić information content (AvgIpc) is 2.37. The molecule has 1 fully saturated rings. The van der Waals surface area contributed by atoms with Crippen molar-refractivity contribution in [1.82, 2.24) is 4.98 Å². The van der Waals surface area contributed by atoms with Crippen LogP contribution in [0.25, 0.3) is 0 Å². The first-order valence-corrected chi connectivity index (χ1v) is 6.17. The van der Waals surface area contributed by atoms with Gasteiger partial charge in [-0.15, -0.1) is 0 Å². The van der Waals surface area contributed by atoms with Crippen LogP contribution in [0.5, 0.6) is 0 Å². The minimum Gasteiger partial charge on any atom is -0.355 e. The van der Waals surface area contributed by atoms with Crippen molar-refractivity contribution in [3.63, 3.8) is 0 Å². The van der Waals surface area contributed by atoms with Crippen molar-refractivity contribution in [2.45, 2.75) is 19.0 Å². The highest BCUT2D eigenvalue weighted by Crippen LogP contribution is 2.35. The van der Waals surface area contributed by atoms with E-state index in [1.165, 1.54) is 17.2 Å². The average molecular weight is 290 g/mol. The predicted octanol–water partition coefficient (Wildman–Crippen LogP) is 3.39. The van der Waals surface area contributed by atoms with E-state index in [1.54, 1.807) is 0 Å². The van der Waals surface area contributed by atoms with E-state index >= 15 is 0 Å².